The minimum absolute atomic E-state index is 0.440. The average molecular weight is 162 g/mol. The van der Waals surface area contributed by atoms with E-state index in [0.717, 1.165) is 6.61 Å². The SMILES string of the molecule is CC1CC(c2ccccc2)CO1. The Morgan fingerprint density at radius 3 is 2.58 bits per heavy atom. The van der Waals surface area contributed by atoms with E-state index in [4.69, 9.17) is 4.74 Å². The zero-order chi connectivity index (χ0) is 8.39. The molecule has 2 unspecified atom stereocenters. The Labute approximate surface area is 73.4 Å². The topological polar surface area (TPSA) is 9.23 Å². The van der Waals surface area contributed by atoms with Gasteiger partial charge in [-0.3, -0.25) is 0 Å². The summed E-state index contributed by atoms with van der Waals surface area (Å²) < 4.78 is 5.52. The molecule has 0 spiro atoms. The monoisotopic (exact) mass is 162 g/mol. The molecule has 2 rings (SSSR count). The smallest absolute Gasteiger partial charge is 0.0554 e. The Morgan fingerprint density at radius 1 is 1.25 bits per heavy atom. The highest BCUT2D eigenvalue weighted by atomic mass is 16.5. The van der Waals surface area contributed by atoms with Gasteiger partial charge in [0.25, 0.3) is 0 Å². The quantitative estimate of drug-likeness (QED) is 0.616. The van der Waals surface area contributed by atoms with Crippen molar-refractivity contribution in [1.29, 1.82) is 0 Å². The predicted octanol–water partition coefficient (Wildman–Crippen LogP) is 2.58. The highest BCUT2D eigenvalue weighted by Gasteiger charge is 2.22. The van der Waals surface area contributed by atoms with Crippen LogP contribution in [0.2, 0.25) is 0 Å². The van der Waals surface area contributed by atoms with Crippen molar-refractivity contribution in [2.24, 2.45) is 0 Å². The minimum atomic E-state index is 0.440. The Balaban J connectivity index is 2.11. The zero-order valence-electron chi connectivity index (χ0n) is 7.36. The van der Waals surface area contributed by atoms with Crippen LogP contribution in [0.25, 0.3) is 0 Å². The maximum Gasteiger partial charge on any atom is 0.0554 e. The van der Waals surface area contributed by atoms with Crippen molar-refractivity contribution in [1.82, 2.24) is 0 Å². The molecule has 0 amide bonds. The van der Waals surface area contributed by atoms with Crippen LogP contribution in [-0.4, -0.2) is 12.7 Å². The first kappa shape index (κ1) is 7.81. The van der Waals surface area contributed by atoms with Gasteiger partial charge in [-0.15, -0.1) is 0 Å². The molecule has 1 aromatic carbocycles. The standard InChI is InChI=1S/C11H14O/c1-9-7-11(8-12-9)10-5-3-2-4-6-10/h2-6,9,11H,7-8H2,1H3. The molecular weight excluding hydrogens is 148 g/mol. The first-order valence-electron chi connectivity index (χ1n) is 4.53. The van der Waals surface area contributed by atoms with Gasteiger partial charge in [-0.05, 0) is 18.9 Å². The molecule has 1 nitrogen and oxygen atoms in total. The summed E-state index contributed by atoms with van der Waals surface area (Å²) in [5, 5.41) is 0. The number of benzene rings is 1. The summed E-state index contributed by atoms with van der Waals surface area (Å²) in [6, 6.07) is 10.6. The van der Waals surface area contributed by atoms with Gasteiger partial charge >= 0.3 is 0 Å². The molecule has 12 heavy (non-hydrogen) atoms. The van der Waals surface area contributed by atoms with Gasteiger partial charge in [0, 0.05) is 5.92 Å². The average Bonchev–Trinajstić information content (AvgIpc) is 2.54. The van der Waals surface area contributed by atoms with Crippen LogP contribution in [0.5, 0.6) is 0 Å². The molecule has 0 radical (unpaired) electrons. The van der Waals surface area contributed by atoms with Gasteiger partial charge in [0.15, 0.2) is 0 Å². The molecule has 1 fully saturated rings. The van der Waals surface area contributed by atoms with Crippen LogP contribution in [0.3, 0.4) is 0 Å². The van der Waals surface area contributed by atoms with Gasteiger partial charge in [0.05, 0.1) is 12.7 Å². The molecule has 1 aliphatic heterocycles. The molecule has 1 saturated heterocycles. The normalized spacial score (nSPS) is 29.1. The zero-order valence-corrected chi connectivity index (χ0v) is 7.36. The van der Waals surface area contributed by atoms with Crippen LogP contribution in [0.15, 0.2) is 30.3 Å². The molecule has 1 aromatic rings. The van der Waals surface area contributed by atoms with E-state index in [1.165, 1.54) is 12.0 Å². The van der Waals surface area contributed by atoms with E-state index in [9.17, 15) is 0 Å². The van der Waals surface area contributed by atoms with E-state index in [2.05, 4.69) is 37.3 Å². The number of hydrogen-bond donors (Lipinski definition) is 0. The first-order valence-corrected chi connectivity index (χ1v) is 4.53. The highest BCUT2D eigenvalue weighted by molar-refractivity contribution is 5.20. The number of ether oxygens (including phenoxy) is 1. The fourth-order valence-corrected chi connectivity index (χ4v) is 1.77. The molecule has 1 aliphatic rings. The molecule has 2 atom stereocenters. The van der Waals surface area contributed by atoms with Gasteiger partial charge in [-0.1, -0.05) is 30.3 Å². The Bertz CT molecular complexity index is 242. The highest BCUT2D eigenvalue weighted by Crippen LogP contribution is 2.28. The van der Waals surface area contributed by atoms with E-state index >= 15 is 0 Å². The van der Waals surface area contributed by atoms with E-state index in [1.807, 2.05) is 0 Å². The Morgan fingerprint density at radius 2 is 2.00 bits per heavy atom. The van der Waals surface area contributed by atoms with Crippen LogP contribution in [0.1, 0.15) is 24.8 Å². The molecule has 0 aliphatic carbocycles. The summed E-state index contributed by atoms with van der Waals surface area (Å²) in [6.07, 6.45) is 1.61. The van der Waals surface area contributed by atoms with E-state index < -0.39 is 0 Å². The maximum atomic E-state index is 5.52. The third-order valence-electron chi connectivity index (χ3n) is 2.47. The van der Waals surface area contributed by atoms with Crippen LogP contribution in [0.4, 0.5) is 0 Å². The van der Waals surface area contributed by atoms with Crippen LogP contribution >= 0.6 is 0 Å². The first-order chi connectivity index (χ1) is 5.86. The third-order valence-corrected chi connectivity index (χ3v) is 2.47. The third kappa shape index (κ3) is 1.51. The van der Waals surface area contributed by atoms with Crippen molar-refractivity contribution in [3.8, 4) is 0 Å². The second-order valence-electron chi connectivity index (χ2n) is 3.49. The van der Waals surface area contributed by atoms with Gasteiger partial charge in [-0.25, -0.2) is 0 Å². The van der Waals surface area contributed by atoms with Gasteiger partial charge < -0.3 is 4.74 Å². The van der Waals surface area contributed by atoms with Crippen molar-refractivity contribution in [3.63, 3.8) is 0 Å². The summed E-state index contributed by atoms with van der Waals surface area (Å²) in [5.41, 5.74) is 1.42. The van der Waals surface area contributed by atoms with Gasteiger partial charge in [0.1, 0.15) is 0 Å². The van der Waals surface area contributed by atoms with Gasteiger partial charge in [0.2, 0.25) is 0 Å². The number of rotatable bonds is 1. The lowest BCUT2D eigenvalue weighted by Gasteiger charge is -2.06. The van der Waals surface area contributed by atoms with E-state index in [0.29, 0.717) is 12.0 Å². The maximum absolute atomic E-state index is 5.52. The summed E-state index contributed by atoms with van der Waals surface area (Å²) >= 11 is 0. The van der Waals surface area contributed by atoms with Crippen molar-refractivity contribution in [2.75, 3.05) is 6.61 Å². The van der Waals surface area contributed by atoms with Crippen LogP contribution in [0, 0.1) is 0 Å². The second kappa shape index (κ2) is 3.28. The van der Waals surface area contributed by atoms with Crippen molar-refractivity contribution in [2.45, 2.75) is 25.4 Å². The summed E-state index contributed by atoms with van der Waals surface area (Å²) in [6.45, 7) is 3.04. The van der Waals surface area contributed by atoms with Crippen molar-refractivity contribution in [3.05, 3.63) is 35.9 Å². The lowest BCUT2D eigenvalue weighted by atomic mass is 9.97. The summed E-state index contributed by atoms with van der Waals surface area (Å²) in [5.74, 6) is 0.626. The van der Waals surface area contributed by atoms with E-state index in [1.54, 1.807) is 0 Å². The molecular formula is C11H14O. The predicted molar refractivity (Wildman–Crippen MR) is 49.2 cm³/mol. The lowest BCUT2D eigenvalue weighted by Crippen LogP contribution is -1.96. The number of hydrogen-bond acceptors (Lipinski definition) is 1. The minimum Gasteiger partial charge on any atom is -0.378 e. The molecule has 0 saturated carbocycles. The molecule has 64 valence electrons. The largest absolute Gasteiger partial charge is 0.378 e. The molecule has 1 heterocycles. The molecule has 1 heteroatoms. The summed E-state index contributed by atoms with van der Waals surface area (Å²) in [7, 11) is 0. The lowest BCUT2D eigenvalue weighted by molar-refractivity contribution is 0.123. The molecule has 0 aromatic heterocycles. The summed E-state index contributed by atoms with van der Waals surface area (Å²) in [4.78, 5) is 0. The van der Waals surface area contributed by atoms with Crippen LogP contribution < -0.4 is 0 Å². The Kier molecular flexibility index (Phi) is 2.13. The van der Waals surface area contributed by atoms with E-state index in [-0.39, 0.29) is 0 Å². The molecule has 0 N–H and O–H groups in total. The second-order valence-corrected chi connectivity index (χ2v) is 3.49. The Hall–Kier alpha value is -0.820. The fraction of sp³-hybridized carbons (Fsp3) is 0.455. The molecule has 0 bridgehead atoms. The van der Waals surface area contributed by atoms with Crippen LogP contribution in [-0.2, 0) is 4.74 Å². The van der Waals surface area contributed by atoms with Crippen molar-refractivity contribution < 1.29 is 4.74 Å². The van der Waals surface area contributed by atoms with Crippen molar-refractivity contribution >= 4 is 0 Å². The van der Waals surface area contributed by atoms with Gasteiger partial charge in [-0.2, -0.15) is 0 Å². The fourth-order valence-electron chi connectivity index (χ4n) is 1.77.